The van der Waals surface area contributed by atoms with Crippen LogP contribution in [0.3, 0.4) is 0 Å². The molecule has 0 radical (unpaired) electrons. The first-order chi connectivity index (χ1) is 7.07. The second kappa shape index (κ2) is 3.71. The molecule has 0 aliphatic rings. The van der Waals surface area contributed by atoms with Crippen molar-refractivity contribution in [3.05, 3.63) is 33.4 Å². The molecular formula is C11H12Cl2N2. The van der Waals surface area contributed by atoms with Crippen molar-refractivity contribution in [2.75, 3.05) is 0 Å². The molecule has 2 aromatic rings. The predicted molar refractivity (Wildman–Crippen MR) is 65.6 cm³/mol. The van der Waals surface area contributed by atoms with Gasteiger partial charge in [0, 0.05) is 24.7 Å². The van der Waals surface area contributed by atoms with Crippen LogP contribution in [0, 0.1) is 6.92 Å². The maximum Gasteiger partial charge on any atom is 0.0835 e. The number of nitrogens with zero attached hydrogens (tertiary/aromatic N) is 1. The Morgan fingerprint density at radius 1 is 1.33 bits per heavy atom. The van der Waals surface area contributed by atoms with E-state index in [1.807, 2.05) is 23.7 Å². The van der Waals surface area contributed by atoms with Gasteiger partial charge in [-0.1, -0.05) is 29.3 Å². The fraction of sp³-hybridized carbons (Fsp3) is 0.273. The quantitative estimate of drug-likeness (QED) is 0.818. The Labute approximate surface area is 98.6 Å². The SMILES string of the molecule is Cc1c(CN)n(C)c2c(Cl)c(Cl)ccc12. The Bertz CT molecular complexity index is 529. The maximum absolute atomic E-state index is 6.18. The van der Waals surface area contributed by atoms with Gasteiger partial charge in [0.1, 0.15) is 0 Å². The normalized spacial score (nSPS) is 11.3. The minimum Gasteiger partial charge on any atom is -0.345 e. The van der Waals surface area contributed by atoms with Crippen molar-refractivity contribution in [1.82, 2.24) is 4.57 Å². The van der Waals surface area contributed by atoms with Crippen LogP contribution in [0.15, 0.2) is 12.1 Å². The molecule has 2 nitrogen and oxygen atoms in total. The molecule has 15 heavy (non-hydrogen) atoms. The van der Waals surface area contributed by atoms with Crippen LogP contribution in [-0.4, -0.2) is 4.57 Å². The highest BCUT2D eigenvalue weighted by atomic mass is 35.5. The van der Waals surface area contributed by atoms with Crippen molar-refractivity contribution in [3.8, 4) is 0 Å². The highest BCUT2D eigenvalue weighted by Crippen LogP contribution is 2.34. The van der Waals surface area contributed by atoms with Crippen LogP contribution in [0.1, 0.15) is 11.3 Å². The third-order valence-electron chi connectivity index (χ3n) is 2.84. The van der Waals surface area contributed by atoms with Crippen LogP contribution in [0.25, 0.3) is 10.9 Å². The molecule has 0 unspecified atom stereocenters. The molecule has 0 aliphatic heterocycles. The van der Waals surface area contributed by atoms with Gasteiger partial charge in [-0.3, -0.25) is 0 Å². The Kier molecular flexibility index (Phi) is 2.67. The summed E-state index contributed by atoms with van der Waals surface area (Å²) in [6.45, 7) is 2.56. The van der Waals surface area contributed by atoms with Crippen molar-refractivity contribution in [2.45, 2.75) is 13.5 Å². The molecular weight excluding hydrogens is 231 g/mol. The average molecular weight is 243 g/mol. The van der Waals surface area contributed by atoms with E-state index >= 15 is 0 Å². The number of hydrogen-bond donors (Lipinski definition) is 1. The second-order valence-corrected chi connectivity index (χ2v) is 4.38. The Morgan fingerprint density at radius 2 is 2.00 bits per heavy atom. The minimum absolute atomic E-state index is 0.505. The molecule has 0 saturated carbocycles. The largest absolute Gasteiger partial charge is 0.345 e. The lowest BCUT2D eigenvalue weighted by atomic mass is 10.1. The summed E-state index contributed by atoms with van der Waals surface area (Å²) in [6, 6.07) is 3.80. The lowest BCUT2D eigenvalue weighted by Gasteiger charge is -2.03. The second-order valence-electron chi connectivity index (χ2n) is 3.59. The third kappa shape index (κ3) is 1.44. The van der Waals surface area contributed by atoms with Gasteiger partial charge < -0.3 is 10.3 Å². The van der Waals surface area contributed by atoms with Gasteiger partial charge in [-0.15, -0.1) is 0 Å². The van der Waals surface area contributed by atoms with E-state index in [0.717, 1.165) is 16.6 Å². The molecule has 2 rings (SSSR count). The van der Waals surface area contributed by atoms with E-state index in [-0.39, 0.29) is 0 Å². The van der Waals surface area contributed by atoms with Crippen LogP contribution in [0.5, 0.6) is 0 Å². The zero-order valence-electron chi connectivity index (χ0n) is 8.64. The van der Waals surface area contributed by atoms with E-state index in [2.05, 4.69) is 6.92 Å². The first-order valence-corrected chi connectivity index (χ1v) is 5.45. The van der Waals surface area contributed by atoms with Crippen molar-refractivity contribution >= 4 is 34.1 Å². The molecule has 0 spiro atoms. The number of hydrogen-bond acceptors (Lipinski definition) is 1. The zero-order valence-corrected chi connectivity index (χ0v) is 10.2. The van der Waals surface area contributed by atoms with E-state index in [1.165, 1.54) is 5.56 Å². The minimum atomic E-state index is 0.505. The Morgan fingerprint density at radius 3 is 2.60 bits per heavy atom. The third-order valence-corrected chi connectivity index (χ3v) is 3.63. The number of aryl methyl sites for hydroxylation is 2. The summed E-state index contributed by atoms with van der Waals surface area (Å²) in [5, 5.41) is 2.29. The standard InChI is InChI=1S/C11H12Cl2N2/c1-6-7-3-4-8(12)10(13)11(7)15(2)9(6)5-14/h3-4H,5,14H2,1-2H3. The van der Waals surface area contributed by atoms with Gasteiger partial charge in [0.25, 0.3) is 0 Å². The molecule has 80 valence electrons. The fourth-order valence-electron chi connectivity index (χ4n) is 2.00. The molecule has 4 heteroatoms. The van der Waals surface area contributed by atoms with Crippen LogP contribution >= 0.6 is 23.2 Å². The first-order valence-electron chi connectivity index (χ1n) is 4.69. The lowest BCUT2D eigenvalue weighted by molar-refractivity contribution is 0.841. The average Bonchev–Trinajstić information content (AvgIpc) is 2.45. The highest BCUT2D eigenvalue weighted by Gasteiger charge is 2.14. The molecule has 0 aliphatic carbocycles. The number of aromatic nitrogens is 1. The fourth-order valence-corrected chi connectivity index (χ4v) is 2.45. The molecule has 0 amide bonds. The van der Waals surface area contributed by atoms with Crippen LogP contribution < -0.4 is 5.73 Å². The lowest BCUT2D eigenvalue weighted by Crippen LogP contribution is -2.04. The topological polar surface area (TPSA) is 30.9 Å². The number of benzene rings is 1. The number of fused-ring (bicyclic) bond motifs is 1. The maximum atomic E-state index is 6.18. The van der Waals surface area contributed by atoms with E-state index in [1.54, 1.807) is 0 Å². The summed E-state index contributed by atoms with van der Waals surface area (Å²) in [5.41, 5.74) is 8.93. The van der Waals surface area contributed by atoms with Gasteiger partial charge in [-0.05, 0) is 18.6 Å². The van der Waals surface area contributed by atoms with E-state index < -0.39 is 0 Å². The van der Waals surface area contributed by atoms with Crippen LogP contribution in [-0.2, 0) is 13.6 Å². The summed E-state index contributed by atoms with van der Waals surface area (Å²) < 4.78 is 2.01. The number of rotatable bonds is 1. The number of halogens is 2. The van der Waals surface area contributed by atoms with Crippen LogP contribution in [0.2, 0.25) is 10.0 Å². The van der Waals surface area contributed by atoms with Crippen molar-refractivity contribution < 1.29 is 0 Å². The van der Waals surface area contributed by atoms with Gasteiger partial charge in [-0.25, -0.2) is 0 Å². The predicted octanol–water partition coefficient (Wildman–Crippen LogP) is 3.25. The highest BCUT2D eigenvalue weighted by molar-refractivity contribution is 6.45. The van der Waals surface area contributed by atoms with Crippen molar-refractivity contribution in [1.29, 1.82) is 0 Å². The van der Waals surface area contributed by atoms with E-state index in [9.17, 15) is 0 Å². The number of nitrogens with two attached hydrogens (primary N) is 1. The smallest absolute Gasteiger partial charge is 0.0835 e. The zero-order chi connectivity index (χ0) is 11.2. The molecule has 0 fully saturated rings. The molecule has 0 bridgehead atoms. The molecule has 1 aromatic carbocycles. The molecule has 1 heterocycles. The summed E-state index contributed by atoms with van der Waals surface area (Å²) >= 11 is 12.2. The van der Waals surface area contributed by atoms with Gasteiger partial charge in [0.05, 0.1) is 15.6 Å². The van der Waals surface area contributed by atoms with Gasteiger partial charge in [0.15, 0.2) is 0 Å². The van der Waals surface area contributed by atoms with Crippen LogP contribution in [0.4, 0.5) is 0 Å². The van der Waals surface area contributed by atoms with E-state index in [0.29, 0.717) is 16.6 Å². The van der Waals surface area contributed by atoms with E-state index in [4.69, 9.17) is 28.9 Å². The Balaban J connectivity index is 2.96. The monoisotopic (exact) mass is 242 g/mol. The summed E-state index contributed by atoms with van der Waals surface area (Å²) in [7, 11) is 1.96. The van der Waals surface area contributed by atoms with Gasteiger partial charge in [-0.2, -0.15) is 0 Å². The Hall–Kier alpha value is -0.700. The van der Waals surface area contributed by atoms with Gasteiger partial charge in [0.2, 0.25) is 0 Å². The molecule has 0 saturated heterocycles. The molecule has 0 atom stereocenters. The van der Waals surface area contributed by atoms with Crippen molar-refractivity contribution in [3.63, 3.8) is 0 Å². The summed E-state index contributed by atoms with van der Waals surface area (Å²) in [4.78, 5) is 0. The summed E-state index contributed by atoms with van der Waals surface area (Å²) in [6.07, 6.45) is 0. The first kappa shape index (κ1) is 10.8. The molecule has 1 aromatic heterocycles. The summed E-state index contributed by atoms with van der Waals surface area (Å²) in [5.74, 6) is 0. The van der Waals surface area contributed by atoms with Crippen molar-refractivity contribution in [2.24, 2.45) is 12.8 Å². The molecule has 2 N–H and O–H groups in total. The van der Waals surface area contributed by atoms with Gasteiger partial charge >= 0.3 is 0 Å².